The molecular formula is C9H10N2O2. The summed E-state index contributed by atoms with van der Waals surface area (Å²) in [7, 11) is 1.46. The number of rotatable bonds is 1. The first-order chi connectivity index (χ1) is 6.33. The van der Waals surface area contributed by atoms with E-state index >= 15 is 0 Å². The molecule has 0 bridgehead atoms. The second-order valence-electron chi connectivity index (χ2n) is 2.89. The summed E-state index contributed by atoms with van der Waals surface area (Å²) in [6.45, 7) is 0. The molecule has 1 unspecified atom stereocenters. The Labute approximate surface area is 75.9 Å². The van der Waals surface area contributed by atoms with Crippen LogP contribution in [0.1, 0.15) is 11.3 Å². The maximum Gasteiger partial charge on any atom is 0.134 e. The molecule has 0 aliphatic heterocycles. The molecule has 0 saturated carbocycles. The fourth-order valence-electron chi connectivity index (χ4n) is 1.50. The number of nitrogens with zero attached hydrogens (tertiary/aromatic N) is 2. The van der Waals surface area contributed by atoms with E-state index in [9.17, 15) is 5.11 Å². The van der Waals surface area contributed by atoms with Gasteiger partial charge in [0.1, 0.15) is 18.9 Å². The highest BCUT2D eigenvalue weighted by Crippen LogP contribution is 2.20. The molecule has 0 fully saturated rings. The minimum Gasteiger partial charge on any atom is -0.399 e. The standard InChI is InChI=1S/C9H10N2O2/c1-13-11-9-7(12)5-6-3-2-4-10-8(6)9/h2-4,7,12H,5H2,1H3/b11-9+. The van der Waals surface area contributed by atoms with Crippen LogP contribution in [0.25, 0.3) is 0 Å². The number of aliphatic hydroxyl groups is 1. The molecule has 1 N–H and O–H groups in total. The molecule has 4 heteroatoms. The van der Waals surface area contributed by atoms with Crippen LogP contribution in [0.4, 0.5) is 0 Å². The third kappa shape index (κ3) is 1.29. The topological polar surface area (TPSA) is 54.7 Å². The molecular weight excluding hydrogens is 168 g/mol. The SMILES string of the molecule is CO/N=C1/c2ncccc2CC1O. The van der Waals surface area contributed by atoms with Crippen LogP contribution in [-0.4, -0.2) is 29.0 Å². The van der Waals surface area contributed by atoms with Crippen molar-refractivity contribution in [2.24, 2.45) is 5.16 Å². The number of aliphatic hydroxyl groups excluding tert-OH is 1. The van der Waals surface area contributed by atoms with Gasteiger partial charge >= 0.3 is 0 Å². The Morgan fingerprint density at radius 3 is 3.31 bits per heavy atom. The normalized spacial score (nSPS) is 23.2. The molecule has 0 saturated heterocycles. The van der Waals surface area contributed by atoms with Crippen LogP contribution in [0, 0.1) is 0 Å². The average Bonchev–Trinajstić information content (AvgIpc) is 2.44. The lowest BCUT2D eigenvalue weighted by Gasteiger charge is -2.00. The Morgan fingerprint density at radius 2 is 2.54 bits per heavy atom. The highest BCUT2D eigenvalue weighted by molar-refractivity contribution is 6.05. The molecule has 0 amide bonds. The van der Waals surface area contributed by atoms with Crippen molar-refractivity contribution >= 4 is 5.71 Å². The van der Waals surface area contributed by atoms with Gasteiger partial charge in [-0.2, -0.15) is 0 Å². The second kappa shape index (κ2) is 3.14. The van der Waals surface area contributed by atoms with E-state index < -0.39 is 6.10 Å². The van der Waals surface area contributed by atoms with E-state index in [1.165, 1.54) is 7.11 Å². The summed E-state index contributed by atoms with van der Waals surface area (Å²) < 4.78 is 0. The van der Waals surface area contributed by atoms with E-state index in [1.807, 2.05) is 12.1 Å². The first-order valence-electron chi connectivity index (χ1n) is 4.06. The summed E-state index contributed by atoms with van der Waals surface area (Å²) in [4.78, 5) is 8.78. The third-order valence-corrected chi connectivity index (χ3v) is 2.05. The predicted octanol–water partition coefficient (Wildman–Crippen LogP) is 0.349. The van der Waals surface area contributed by atoms with Gasteiger partial charge in [0.25, 0.3) is 0 Å². The van der Waals surface area contributed by atoms with Gasteiger partial charge in [-0.15, -0.1) is 0 Å². The zero-order chi connectivity index (χ0) is 9.26. The van der Waals surface area contributed by atoms with Crippen LogP contribution >= 0.6 is 0 Å². The fourth-order valence-corrected chi connectivity index (χ4v) is 1.50. The molecule has 4 nitrogen and oxygen atoms in total. The van der Waals surface area contributed by atoms with Crippen molar-refractivity contribution in [2.75, 3.05) is 7.11 Å². The number of oxime groups is 1. The van der Waals surface area contributed by atoms with E-state index in [0.29, 0.717) is 12.1 Å². The molecule has 1 aliphatic carbocycles. The molecule has 1 atom stereocenters. The van der Waals surface area contributed by atoms with Gasteiger partial charge in [0, 0.05) is 12.6 Å². The summed E-state index contributed by atoms with van der Waals surface area (Å²) in [5.74, 6) is 0. The summed E-state index contributed by atoms with van der Waals surface area (Å²) in [5.41, 5.74) is 2.29. The number of aromatic nitrogens is 1. The van der Waals surface area contributed by atoms with E-state index in [-0.39, 0.29) is 0 Å². The molecule has 0 aromatic carbocycles. The number of hydrogen-bond acceptors (Lipinski definition) is 4. The van der Waals surface area contributed by atoms with Crippen molar-refractivity contribution in [1.82, 2.24) is 4.98 Å². The molecule has 0 spiro atoms. The van der Waals surface area contributed by atoms with Gasteiger partial charge in [-0.3, -0.25) is 4.98 Å². The highest BCUT2D eigenvalue weighted by atomic mass is 16.6. The quantitative estimate of drug-likeness (QED) is 0.631. The van der Waals surface area contributed by atoms with Gasteiger partial charge in [-0.25, -0.2) is 0 Å². The molecule has 1 aromatic heterocycles. The lowest BCUT2D eigenvalue weighted by Crippen LogP contribution is -2.16. The van der Waals surface area contributed by atoms with E-state index in [4.69, 9.17) is 0 Å². The third-order valence-electron chi connectivity index (χ3n) is 2.05. The molecule has 1 aliphatic rings. The van der Waals surface area contributed by atoms with E-state index in [1.54, 1.807) is 6.20 Å². The smallest absolute Gasteiger partial charge is 0.134 e. The zero-order valence-electron chi connectivity index (χ0n) is 7.27. The van der Waals surface area contributed by atoms with Gasteiger partial charge in [-0.1, -0.05) is 11.2 Å². The summed E-state index contributed by atoms with van der Waals surface area (Å²) in [6.07, 6.45) is 1.68. The molecule has 68 valence electrons. The first-order valence-corrected chi connectivity index (χ1v) is 4.06. The predicted molar refractivity (Wildman–Crippen MR) is 47.5 cm³/mol. The lowest BCUT2D eigenvalue weighted by molar-refractivity contribution is 0.198. The van der Waals surface area contributed by atoms with Crippen LogP contribution in [0.5, 0.6) is 0 Å². The second-order valence-corrected chi connectivity index (χ2v) is 2.89. The van der Waals surface area contributed by atoms with Crippen LogP contribution in [0.15, 0.2) is 23.5 Å². The van der Waals surface area contributed by atoms with Crippen LogP contribution in [-0.2, 0) is 11.3 Å². The monoisotopic (exact) mass is 178 g/mol. The number of hydrogen-bond donors (Lipinski definition) is 1. The van der Waals surface area contributed by atoms with Crippen LogP contribution in [0.3, 0.4) is 0 Å². The van der Waals surface area contributed by atoms with Crippen molar-refractivity contribution in [2.45, 2.75) is 12.5 Å². The largest absolute Gasteiger partial charge is 0.399 e. The Kier molecular flexibility index (Phi) is 1.98. The number of fused-ring (bicyclic) bond motifs is 1. The Hall–Kier alpha value is -1.42. The van der Waals surface area contributed by atoms with Crippen LogP contribution < -0.4 is 0 Å². The lowest BCUT2D eigenvalue weighted by atomic mass is 10.2. The van der Waals surface area contributed by atoms with Crippen molar-refractivity contribution in [3.8, 4) is 0 Å². The zero-order valence-corrected chi connectivity index (χ0v) is 7.27. The first kappa shape index (κ1) is 8.19. The van der Waals surface area contributed by atoms with E-state index in [2.05, 4.69) is 15.0 Å². The van der Waals surface area contributed by atoms with Gasteiger partial charge < -0.3 is 9.94 Å². The molecule has 2 rings (SSSR count). The maximum absolute atomic E-state index is 9.59. The summed E-state index contributed by atoms with van der Waals surface area (Å²) >= 11 is 0. The molecule has 0 radical (unpaired) electrons. The van der Waals surface area contributed by atoms with Gasteiger partial charge in [0.15, 0.2) is 0 Å². The Bertz CT molecular complexity index is 349. The average molecular weight is 178 g/mol. The highest BCUT2D eigenvalue weighted by Gasteiger charge is 2.28. The van der Waals surface area contributed by atoms with Crippen molar-refractivity contribution < 1.29 is 9.94 Å². The summed E-state index contributed by atoms with van der Waals surface area (Å²) in [5, 5.41) is 13.3. The molecule has 13 heavy (non-hydrogen) atoms. The minimum atomic E-state index is -0.579. The Balaban J connectivity index is 2.46. The van der Waals surface area contributed by atoms with Crippen molar-refractivity contribution in [3.63, 3.8) is 0 Å². The van der Waals surface area contributed by atoms with Gasteiger partial charge in [0.05, 0.1) is 5.69 Å². The van der Waals surface area contributed by atoms with Gasteiger partial charge in [-0.05, 0) is 11.6 Å². The fraction of sp³-hybridized carbons (Fsp3) is 0.333. The Morgan fingerprint density at radius 1 is 1.69 bits per heavy atom. The minimum absolute atomic E-state index is 0.526. The van der Waals surface area contributed by atoms with Crippen LogP contribution in [0.2, 0.25) is 0 Å². The molecule has 1 heterocycles. The van der Waals surface area contributed by atoms with Crippen molar-refractivity contribution in [3.05, 3.63) is 29.6 Å². The maximum atomic E-state index is 9.59. The van der Waals surface area contributed by atoms with E-state index in [0.717, 1.165) is 11.3 Å². The van der Waals surface area contributed by atoms with Crippen molar-refractivity contribution in [1.29, 1.82) is 0 Å². The number of pyridine rings is 1. The molecule has 1 aromatic rings. The summed E-state index contributed by atoms with van der Waals surface area (Å²) in [6, 6.07) is 3.78. The van der Waals surface area contributed by atoms with Gasteiger partial charge in [0.2, 0.25) is 0 Å².